The molecule has 0 spiro atoms. The monoisotopic (exact) mass is 484 g/mol. The molecule has 31 heavy (non-hydrogen) atoms. The van der Waals surface area contributed by atoms with E-state index >= 15 is 0 Å². The van der Waals surface area contributed by atoms with Crippen molar-refractivity contribution in [2.45, 2.75) is 13.0 Å². The molecule has 4 rings (SSSR count). The van der Waals surface area contributed by atoms with Crippen LogP contribution < -0.4 is 9.64 Å². The molecule has 2 aromatic carbocycles. The summed E-state index contributed by atoms with van der Waals surface area (Å²) in [5.74, 6) is -1.48. The molecule has 3 aromatic rings. The van der Waals surface area contributed by atoms with E-state index in [0.29, 0.717) is 21.4 Å². The lowest BCUT2D eigenvalue weighted by molar-refractivity contribution is -0.132. The van der Waals surface area contributed by atoms with E-state index in [0.717, 1.165) is 4.90 Å². The second kappa shape index (κ2) is 7.92. The first-order valence-electron chi connectivity index (χ1n) is 9.19. The lowest BCUT2D eigenvalue weighted by Crippen LogP contribution is -2.29. The third kappa shape index (κ3) is 3.46. The first-order chi connectivity index (χ1) is 14.8. The Hall–Kier alpha value is -3.59. The maximum atomic E-state index is 13.0. The Kier molecular flexibility index (Phi) is 5.28. The number of aromatic hydroxyl groups is 1. The van der Waals surface area contributed by atoms with Gasteiger partial charge in [0.1, 0.15) is 11.5 Å². The van der Waals surface area contributed by atoms with E-state index in [1.54, 1.807) is 43.3 Å². The number of hydrogen-bond acceptors (Lipinski definition) is 7. The van der Waals surface area contributed by atoms with Crippen LogP contribution >= 0.6 is 15.9 Å². The Morgan fingerprint density at radius 3 is 2.52 bits per heavy atom. The number of phenolic OH excluding ortho intramolecular Hbond substituents is 1. The summed E-state index contributed by atoms with van der Waals surface area (Å²) in [7, 11) is 1.38. The number of halogens is 1. The molecule has 8 nitrogen and oxygen atoms in total. The molecule has 1 fully saturated rings. The lowest BCUT2D eigenvalue weighted by Gasteiger charge is -2.23. The smallest absolute Gasteiger partial charge is 0.301 e. The van der Waals surface area contributed by atoms with Gasteiger partial charge in [-0.3, -0.25) is 14.5 Å². The minimum Gasteiger partial charge on any atom is -0.507 e. The van der Waals surface area contributed by atoms with Crippen LogP contribution in [0.1, 0.15) is 22.9 Å². The normalized spacial score (nSPS) is 17.9. The Morgan fingerprint density at radius 2 is 1.90 bits per heavy atom. The van der Waals surface area contributed by atoms with Gasteiger partial charge in [0.15, 0.2) is 17.3 Å². The second-order valence-electron chi connectivity index (χ2n) is 6.88. The number of benzene rings is 2. The average Bonchev–Trinajstić information content (AvgIpc) is 3.31. The molecule has 1 saturated heterocycles. The Bertz CT molecular complexity index is 1220. The summed E-state index contributed by atoms with van der Waals surface area (Å²) in [6.45, 7) is 1.66. The van der Waals surface area contributed by atoms with Gasteiger partial charge in [-0.25, -0.2) is 0 Å². The molecule has 0 bridgehead atoms. The minimum absolute atomic E-state index is 0.114. The van der Waals surface area contributed by atoms with Crippen LogP contribution in [0.4, 0.5) is 5.82 Å². The average molecular weight is 485 g/mol. The van der Waals surface area contributed by atoms with E-state index in [-0.39, 0.29) is 28.6 Å². The fraction of sp³-hybridized carbons (Fsp3) is 0.136. The molecule has 158 valence electrons. The fourth-order valence-corrected chi connectivity index (χ4v) is 3.97. The highest BCUT2D eigenvalue weighted by Gasteiger charge is 2.48. The van der Waals surface area contributed by atoms with Gasteiger partial charge >= 0.3 is 5.91 Å². The molecule has 2 N–H and O–H groups in total. The molecule has 1 aliphatic rings. The number of methoxy groups -OCH3 is 1. The van der Waals surface area contributed by atoms with Crippen LogP contribution in [0, 0.1) is 6.92 Å². The third-order valence-electron chi connectivity index (χ3n) is 4.94. The van der Waals surface area contributed by atoms with Crippen molar-refractivity contribution in [2.24, 2.45) is 0 Å². The number of nitrogens with zero attached hydrogens (tertiary/aromatic N) is 2. The zero-order valence-electron chi connectivity index (χ0n) is 16.5. The SMILES string of the molecule is COc1cc([C@@H]2/C(=C(\O)c3ccccc3)C(=O)C(=O)N2c2cc(C)on2)cc(Br)c1O. The summed E-state index contributed by atoms with van der Waals surface area (Å²) in [5.41, 5.74) is 0.682. The van der Waals surface area contributed by atoms with E-state index < -0.39 is 17.7 Å². The van der Waals surface area contributed by atoms with Crippen LogP contribution in [0.2, 0.25) is 0 Å². The zero-order chi connectivity index (χ0) is 22.3. The van der Waals surface area contributed by atoms with Crippen LogP contribution in [0.5, 0.6) is 11.5 Å². The Morgan fingerprint density at radius 1 is 1.19 bits per heavy atom. The van der Waals surface area contributed by atoms with Crippen LogP contribution in [0.3, 0.4) is 0 Å². The van der Waals surface area contributed by atoms with E-state index in [2.05, 4.69) is 21.1 Å². The summed E-state index contributed by atoms with van der Waals surface area (Å²) < 4.78 is 10.6. The summed E-state index contributed by atoms with van der Waals surface area (Å²) in [5, 5.41) is 25.1. The highest BCUT2D eigenvalue weighted by atomic mass is 79.9. The zero-order valence-corrected chi connectivity index (χ0v) is 18.1. The molecule has 0 unspecified atom stereocenters. The van der Waals surface area contributed by atoms with Crippen LogP contribution in [-0.4, -0.2) is 34.2 Å². The van der Waals surface area contributed by atoms with Crippen LogP contribution in [-0.2, 0) is 9.59 Å². The van der Waals surface area contributed by atoms with Crippen molar-refractivity contribution in [3.63, 3.8) is 0 Å². The number of hydrogen-bond donors (Lipinski definition) is 2. The molecular formula is C22H17BrN2O6. The largest absolute Gasteiger partial charge is 0.507 e. The van der Waals surface area contributed by atoms with E-state index in [1.165, 1.54) is 19.2 Å². The molecule has 1 atom stereocenters. The van der Waals surface area contributed by atoms with Gasteiger partial charge in [-0.15, -0.1) is 0 Å². The van der Waals surface area contributed by atoms with Gasteiger partial charge in [-0.2, -0.15) is 0 Å². The van der Waals surface area contributed by atoms with E-state index in [4.69, 9.17) is 9.26 Å². The van der Waals surface area contributed by atoms with Crippen molar-refractivity contribution >= 4 is 39.2 Å². The molecule has 0 radical (unpaired) electrons. The maximum Gasteiger partial charge on any atom is 0.301 e. The van der Waals surface area contributed by atoms with Gasteiger partial charge < -0.3 is 19.5 Å². The maximum absolute atomic E-state index is 13.0. The highest BCUT2D eigenvalue weighted by Crippen LogP contribution is 2.45. The molecule has 1 aromatic heterocycles. The predicted molar refractivity (Wildman–Crippen MR) is 115 cm³/mol. The van der Waals surface area contributed by atoms with E-state index in [9.17, 15) is 19.8 Å². The molecular weight excluding hydrogens is 468 g/mol. The van der Waals surface area contributed by atoms with Crippen LogP contribution in [0.15, 0.2) is 63.1 Å². The number of ether oxygens (including phenoxy) is 1. The Labute approximate surface area is 185 Å². The summed E-state index contributed by atoms with van der Waals surface area (Å²) in [4.78, 5) is 27.2. The van der Waals surface area contributed by atoms with Crippen molar-refractivity contribution in [1.82, 2.24) is 5.16 Å². The highest BCUT2D eigenvalue weighted by molar-refractivity contribution is 9.10. The number of carbonyl (C=O) groups excluding carboxylic acids is 2. The number of aromatic nitrogens is 1. The summed E-state index contributed by atoms with van der Waals surface area (Å²) in [6, 6.07) is 12.0. The van der Waals surface area contributed by atoms with Crippen molar-refractivity contribution in [3.8, 4) is 11.5 Å². The number of aryl methyl sites for hydroxylation is 1. The number of anilines is 1. The number of amides is 1. The quantitative estimate of drug-likeness (QED) is 0.325. The number of rotatable bonds is 4. The minimum atomic E-state index is -1.03. The van der Waals surface area contributed by atoms with Crippen molar-refractivity contribution in [2.75, 3.05) is 12.0 Å². The lowest BCUT2D eigenvalue weighted by atomic mass is 9.95. The van der Waals surface area contributed by atoms with Crippen molar-refractivity contribution < 1.29 is 29.1 Å². The fourth-order valence-electron chi connectivity index (χ4n) is 3.51. The van der Waals surface area contributed by atoms with E-state index in [1.807, 2.05) is 0 Å². The van der Waals surface area contributed by atoms with Gasteiger partial charge in [0.2, 0.25) is 0 Å². The molecule has 0 saturated carbocycles. The van der Waals surface area contributed by atoms with Crippen molar-refractivity contribution in [1.29, 1.82) is 0 Å². The molecule has 1 aliphatic heterocycles. The topological polar surface area (TPSA) is 113 Å². The van der Waals surface area contributed by atoms with Crippen LogP contribution in [0.25, 0.3) is 5.76 Å². The standard InChI is InChI=1S/C22H17BrN2O6/c1-11-8-16(24-31-11)25-18(13-9-14(23)20(27)15(10-13)30-2)17(21(28)22(25)29)19(26)12-6-4-3-5-7-12/h3-10,18,26-27H,1-2H3/b19-17+/t18-/m1/s1. The molecule has 2 heterocycles. The molecule has 9 heteroatoms. The van der Waals surface area contributed by atoms with Gasteiger partial charge in [0.25, 0.3) is 5.78 Å². The number of carbonyl (C=O) groups is 2. The predicted octanol–water partition coefficient (Wildman–Crippen LogP) is 4.09. The van der Waals surface area contributed by atoms with Gasteiger partial charge in [-0.05, 0) is 40.5 Å². The molecule has 0 aliphatic carbocycles. The van der Waals surface area contributed by atoms with Crippen molar-refractivity contribution in [3.05, 3.63) is 75.5 Å². The van der Waals surface area contributed by atoms with Gasteiger partial charge in [0.05, 0.1) is 23.2 Å². The summed E-state index contributed by atoms with van der Waals surface area (Å²) >= 11 is 3.27. The summed E-state index contributed by atoms with van der Waals surface area (Å²) in [6.07, 6.45) is 0. The second-order valence-corrected chi connectivity index (χ2v) is 7.74. The number of Topliss-reactive ketones (excluding diaryl/α,β-unsaturated/α-hetero) is 1. The molecule has 1 amide bonds. The Balaban J connectivity index is 2.00. The number of phenols is 1. The number of aliphatic hydroxyl groups excluding tert-OH is 1. The first-order valence-corrected chi connectivity index (χ1v) is 9.99. The van der Waals surface area contributed by atoms with Gasteiger partial charge in [0, 0.05) is 11.6 Å². The number of ketones is 1. The third-order valence-corrected chi connectivity index (χ3v) is 5.54. The first kappa shape index (κ1) is 20.7. The number of aliphatic hydroxyl groups is 1. The van der Waals surface area contributed by atoms with Gasteiger partial charge in [-0.1, -0.05) is 35.5 Å².